The molecule has 36 heavy (non-hydrogen) atoms. The molecule has 0 fully saturated rings. The normalized spacial score (nSPS) is 14.1. The highest BCUT2D eigenvalue weighted by atomic mass is 79.9. The molecule has 1 unspecified atom stereocenters. The number of nitrogens with zero attached hydrogens (tertiary/aromatic N) is 3. The van der Waals surface area contributed by atoms with E-state index in [1.54, 1.807) is 41.3 Å². The van der Waals surface area contributed by atoms with E-state index in [4.69, 9.17) is 14.6 Å². The number of nitrogens with one attached hydrogen (secondary N) is 1. The fourth-order valence-corrected chi connectivity index (χ4v) is 5.59. The second-order valence-electron chi connectivity index (χ2n) is 8.16. The minimum Gasteiger partial charge on any atom is -0.497 e. The van der Waals surface area contributed by atoms with Gasteiger partial charge in [0.2, 0.25) is 11.1 Å². The third kappa shape index (κ3) is 4.90. The Labute approximate surface area is 220 Å². The molecule has 0 saturated carbocycles. The number of carbonyl (C=O) groups is 2. The van der Waals surface area contributed by atoms with Crippen molar-refractivity contribution in [1.29, 1.82) is 0 Å². The number of anilines is 1. The summed E-state index contributed by atoms with van der Waals surface area (Å²) < 4.78 is 13.1. The second-order valence-corrected chi connectivity index (χ2v) is 10.1. The predicted molar refractivity (Wildman–Crippen MR) is 139 cm³/mol. The van der Waals surface area contributed by atoms with Crippen LogP contribution in [-0.2, 0) is 9.59 Å². The molecule has 0 spiro atoms. The second kappa shape index (κ2) is 10.8. The molecule has 188 valence electrons. The molecule has 11 heteroatoms. The quantitative estimate of drug-likeness (QED) is 0.148. The number of aromatic amines is 1. The average molecular weight is 574 g/mol. The molecule has 1 aromatic heterocycles. The molecule has 4 rings (SSSR count). The van der Waals surface area contributed by atoms with Crippen LogP contribution in [0.15, 0.2) is 50.8 Å². The first-order chi connectivity index (χ1) is 17.3. The van der Waals surface area contributed by atoms with Crippen LogP contribution in [0.1, 0.15) is 45.3 Å². The van der Waals surface area contributed by atoms with E-state index in [1.807, 2.05) is 0 Å². The number of aromatic nitrogens is 3. The molecule has 1 aliphatic heterocycles. The molecule has 1 N–H and O–H groups in total. The number of hydrogen-bond donors (Lipinski definition) is 1. The fraction of sp³-hybridized carbons (Fsp3) is 0.320. The van der Waals surface area contributed by atoms with Crippen LogP contribution in [0.4, 0.5) is 5.69 Å². The summed E-state index contributed by atoms with van der Waals surface area (Å²) in [4.78, 5) is 43.0. The minimum atomic E-state index is -0.930. The maximum absolute atomic E-state index is 13.4. The number of unbranched alkanes of at least 4 members (excludes halogenated alkanes) is 1. The van der Waals surface area contributed by atoms with Crippen molar-refractivity contribution in [2.75, 3.05) is 17.8 Å². The van der Waals surface area contributed by atoms with Crippen LogP contribution in [0, 0.1) is 0 Å². The van der Waals surface area contributed by atoms with Gasteiger partial charge in [-0.25, -0.2) is 4.90 Å². The van der Waals surface area contributed by atoms with Gasteiger partial charge in [0.1, 0.15) is 5.75 Å². The molecule has 1 atom stereocenters. The van der Waals surface area contributed by atoms with Crippen LogP contribution >= 0.6 is 27.7 Å². The predicted octanol–water partition coefficient (Wildman–Crippen LogP) is 4.23. The Bertz CT molecular complexity index is 1390. The molecule has 3 aromatic rings. The topological polar surface area (TPSA) is 105 Å². The summed E-state index contributed by atoms with van der Waals surface area (Å²) in [5.41, 5.74) is 1.50. The van der Waals surface area contributed by atoms with Gasteiger partial charge in [0.05, 0.1) is 28.4 Å². The van der Waals surface area contributed by atoms with E-state index in [0.29, 0.717) is 37.9 Å². The zero-order valence-electron chi connectivity index (χ0n) is 20.3. The third-order valence-corrected chi connectivity index (χ3v) is 7.18. The highest BCUT2D eigenvalue weighted by Crippen LogP contribution is 2.43. The summed E-state index contributed by atoms with van der Waals surface area (Å²) in [6, 6.07) is 10.5. The summed E-state index contributed by atoms with van der Waals surface area (Å²) >= 11 is 4.91. The van der Waals surface area contributed by atoms with Gasteiger partial charge in [-0.1, -0.05) is 37.2 Å². The molecule has 0 aliphatic carbocycles. The Morgan fingerprint density at radius 2 is 2.00 bits per heavy atom. The van der Waals surface area contributed by atoms with Crippen LogP contribution in [0.2, 0.25) is 0 Å². The number of methoxy groups -OCH3 is 1. The lowest BCUT2D eigenvalue weighted by Crippen LogP contribution is -2.60. The molecule has 1 aliphatic rings. The summed E-state index contributed by atoms with van der Waals surface area (Å²) in [6.07, 6.45) is 1.04. The van der Waals surface area contributed by atoms with E-state index in [-0.39, 0.29) is 17.2 Å². The van der Waals surface area contributed by atoms with Crippen LogP contribution in [-0.4, -0.2) is 34.8 Å². The smallest absolute Gasteiger partial charge is 0.325 e. The fourth-order valence-electron chi connectivity index (χ4n) is 4.12. The van der Waals surface area contributed by atoms with Gasteiger partial charge >= 0.3 is 17.2 Å². The third-order valence-electron chi connectivity index (χ3n) is 5.64. The van der Waals surface area contributed by atoms with Crippen molar-refractivity contribution in [1.82, 2.24) is 10.1 Å². The Morgan fingerprint density at radius 1 is 1.25 bits per heavy atom. The zero-order valence-corrected chi connectivity index (χ0v) is 22.7. The van der Waals surface area contributed by atoms with Crippen molar-refractivity contribution < 1.29 is 23.7 Å². The number of thioether (sulfide) groups is 1. The van der Waals surface area contributed by atoms with Crippen molar-refractivity contribution in [3.63, 3.8) is 0 Å². The lowest BCUT2D eigenvalue weighted by atomic mass is 10.0. The first-order valence-corrected chi connectivity index (χ1v) is 13.2. The summed E-state index contributed by atoms with van der Waals surface area (Å²) in [5.74, 6) is 0.646. The summed E-state index contributed by atoms with van der Waals surface area (Å²) in [7, 11) is 1.52. The SMILES string of the molecule is CCCCSc1n[n+]2c(c(=O)[nH]1)-c1ccccc1N(C(C)=O)C2c1cc(OC)cc(Br)c1OC(C)=O. The number of fused-ring (bicyclic) bond motifs is 3. The van der Waals surface area contributed by atoms with Crippen LogP contribution < -0.4 is 24.6 Å². The van der Waals surface area contributed by atoms with Gasteiger partial charge in [0.15, 0.2) is 5.75 Å². The van der Waals surface area contributed by atoms with Crippen molar-refractivity contribution in [3.05, 3.63) is 56.8 Å². The Balaban J connectivity index is 2.06. The largest absolute Gasteiger partial charge is 0.497 e. The highest BCUT2D eigenvalue weighted by Gasteiger charge is 2.46. The molecule has 1 amide bonds. The number of rotatable bonds is 7. The summed E-state index contributed by atoms with van der Waals surface area (Å²) in [5, 5.41) is 5.21. The van der Waals surface area contributed by atoms with E-state index in [2.05, 4.69) is 27.8 Å². The first kappa shape index (κ1) is 25.9. The molecular formula is C25H26BrN4O5S+. The van der Waals surface area contributed by atoms with Crippen LogP contribution in [0.5, 0.6) is 11.5 Å². The van der Waals surface area contributed by atoms with Gasteiger partial charge in [0.25, 0.3) is 6.17 Å². The number of esters is 1. The first-order valence-electron chi connectivity index (χ1n) is 11.4. The Morgan fingerprint density at radius 3 is 2.67 bits per heavy atom. The maximum Gasteiger partial charge on any atom is 0.325 e. The number of amides is 1. The number of carbonyl (C=O) groups excluding carboxylic acids is 2. The highest BCUT2D eigenvalue weighted by molar-refractivity contribution is 9.10. The minimum absolute atomic E-state index is 0.208. The number of benzene rings is 2. The molecule has 0 bridgehead atoms. The summed E-state index contributed by atoms with van der Waals surface area (Å²) in [6.45, 7) is 4.83. The molecule has 0 saturated heterocycles. The van der Waals surface area contributed by atoms with Crippen molar-refractivity contribution >= 4 is 45.3 Å². The maximum atomic E-state index is 13.4. The molecule has 0 radical (unpaired) electrons. The van der Waals surface area contributed by atoms with Gasteiger partial charge < -0.3 is 9.47 Å². The van der Waals surface area contributed by atoms with Crippen molar-refractivity contribution in [2.45, 2.75) is 44.9 Å². The number of halogens is 1. The lowest BCUT2D eigenvalue weighted by molar-refractivity contribution is -0.763. The number of ether oxygens (including phenoxy) is 2. The van der Waals surface area contributed by atoms with Crippen LogP contribution in [0.25, 0.3) is 11.3 Å². The van der Waals surface area contributed by atoms with Gasteiger partial charge in [-0.3, -0.25) is 19.4 Å². The standard InChI is InChI=1S/C25H25BrN4O5S/c1-5-6-11-36-25-27-23(33)21-17-9-7-8-10-20(17)29(14(2)31)24(30(21)28-25)18-12-16(34-4)13-19(26)22(18)35-15(3)32/h7-10,12-13,24H,5-6,11H2,1-4H3/p+1. The van der Waals surface area contributed by atoms with E-state index in [0.717, 1.165) is 18.6 Å². The van der Waals surface area contributed by atoms with Crippen LogP contribution in [0.3, 0.4) is 0 Å². The lowest BCUT2D eigenvalue weighted by Gasteiger charge is -2.32. The molecule has 9 nitrogen and oxygen atoms in total. The van der Waals surface area contributed by atoms with Crippen molar-refractivity contribution in [3.8, 4) is 22.8 Å². The van der Waals surface area contributed by atoms with E-state index < -0.39 is 12.1 Å². The van der Waals surface area contributed by atoms with Gasteiger partial charge in [-0.2, -0.15) is 0 Å². The number of H-pyrrole nitrogens is 1. The number of hydrogen-bond acceptors (Lipinski definition) is 7. The molecule has 2 heterocycles. The van der Waals surface area contributed by atoms with Crippen molar-refractivity contribution in [2.24, 2.45) is 0 Å². The number of para-hydroxylation sites is 1. The van der Waals surface area contributed by atoms with Gasteiger partial charge in [-0.05, 0) is 51.3 Å². The van der Waals surface area contributed by atoms with E-state index in [1.165, 1.54) is 37.4 Å². The Kier molecular flexibility index (Phi) is 7.79. The monoisotopic (exact) mass is 573 g/mol. The molecular weight excluding hydrogens is 548 g/mol. The van der Waals surface area contributed by atoms with E-state index in [9.17, 15) is 14.4 Å². The average Bonchev–Trinajstić information content (AvgIpc) is 2.84. The van der Waals surface area contributed by atoms with Gasteiger partial charge in [0, 0.05) is 24.7 Å². The Hall–Kier alpha value is -3.18. The zero-order chi connectivity index (χ0) is 26.0. The van der Waals surface area contributed by atoms with E-state index >= 15 is 0 Å². The van der Waals surface area contributed by atoms with Gasteiger partial charge in [-0.15, -0.1) is 0 Å². The molecule has 2 aromatic carbocycles.